The van der Waals surface area contributed by atoms with Crippen LogP contribution in [0.3, 0.4) is 0 Å². The number of ether oxygens (including phenoxy) is 2. The van der Waals surface area contributed by atoms with Crippen molar-refractivity contribution in [1.82, 2.24) is 4.98 Å². The van der Waals surface area contributed by atoms with Crippen LogP contribution in [-0.2, 0) is 4.79 Å². The standard InChI is InChI=1S/C21H17NO4/c1-2-17(21(23)24)18-10-6-7-11-19(18)26-20-14-16(12-13-22-20)25-15-8-4-3-5-9-15/h2-14H,1H3,(H,23,24)/b17-2+. The van der Waals surface area contributed by atoms with Gasteiger partial charge in [-0.05, 0) is 31.2 Å². The Morgan fingerprint density at radius 3 is 2.42 bits per heavy atom. The quantitative estimate of drug-likeness (QED) is 0.624. The lowest BCUT2D eigenvalue weighted by Crippen LogP contribution is -2.01. The molecule has 130 valence electrons. The van der Waals surface area contributed by atoms with Crippen LogP contribution in [0, 0.1) is 0 Å². The molecule has 0 radical (unpaired) electrons. The zero-order valence-corrected chi connectivity index (χ0v) is 14.1. The summed E-state index contributed by atoms with van der Waals surface area (Å²) in [5, 5.41) is 9.37. The largest absolute Gasteiger partial charge is 0.478 e. The molecule has 1 N–H and O–H groups in total. The van der Waals surface area contributed by atoms with Gasteiger partial charge in [0.05, 0.1) is 5.57 Å². The smallest absolute Gasteiger partial charge is 0.336 e. The highest BCUT2D eigenvalue weighted by molar-refractivity contribution is 6.16. The molecular formula is C21H17NO4. The van der Waals surface area contributed by atoms with Gasteiger partial charge in [0.15, 0.2) is 0 Å². The lowest BCUT2D eigenvalue weighted by molar-refractivity contribution is -0.130. The number of carbonyl (C=O) groups is 1. The molecule has 0 spiro atoms. The van der Waals surface area contributed by atoms with E-state index in [1.807, 2.05) is 30.3 Å². The number of hydrogen-bond acceptors (Lipinski definition) is 4. The first-order valence-corrected chi connectivity index (χ1v) is 8.03. The highest BCUT2D eigenvalue weighted by Gasteiger charge is 2.15. The highest BCUT2D eigenvalue weighted by Crippen LogP contribution is 2.31. The molecule has 26 heavy (non-hydrogen) atoms. The van der Waals surface area contributed by atoms with E-state index in [0.29, 0.717) is 28.7 Å². The molecule has 0 saturated carbocycles. The van der Waals surface area contributed by atoms with E-state index in [-0.39, 0.29) is 5.57 Å². The van der Waals surface area contributed by atoms with Crippen molar-refractivity contribution in [3.8, 4) is 23.1 Å². The fourth-order valence-electron chi connectivity index (χ4n) is 2.42. The van der Waals surface area contributed by atoms with E-state index in [4.69, 9.17) is 9.47 Å². The van der Waals surface area contributed by atoms with Crippen LogP contribution in [0.5, 0.6) is 23.1 Å². The number of rotatable bonds is 6. The van der Waals surface area contributed by atoms with Gasteiger partial charge in [-0.15, -0.1) is 0 Å². The summed E-state index contributed by atoms with van der Waals surface area (Å²) in [6.07, 6.45) is 3.11. The molecule has 5 nitrogen and oxygen atoms in total. The van der Waals surface area contributed by atoms with Gasteiger partial charge in [0, 0.05) is 17.8 Å². The molecule has 3 rings (SSSR count). The molecule has 0 atom stereocenters. The van der Waals surface area contributed by atoms with E-state index in [1.54, 1.807) is 49.5 Å². The minimum Gasteiger partial charge on any atom is -0.478 e. The second-order valence-corrected chi connectivity index (χ2v) is 5.35. The number of aliphatic carboxylic acids is 1. The zero-order chi connectivity index (χ0) is 18.4. The van der Waals surface area contributed by atoms with Crippen molar-refractivity contribution >= 4 is 11.5 Å². The molecule has 2 aromatic carbocycles. The van der Waals surface area contributed by atoms with Crippen molar-refractivity contribution in [3.05, 3.63) is 84.6 Å². The molecule has 1 aromatic heterocycles. The zero-order valence-electron chi connectivity index (χ0n) is 14.1. The van der Waals surface area contributed by atoms with Crippen LogP contribution in [-0.4, -0.2) is 16.1 Å². The number of hydrogen-bond donors (Lipinski definition) is 1. The number of carboxylic acids is 1. The molecule has 3 aromatic rings. The average Bonchev–Trinajstić information content (AvgIpc) is 2.65. The molecule has 5 heteroatoms. The first kappa shape index (κ1) is 17.2. The van der Waals surface area contributed by atoms with E-state index in [0.717, 1.165) is 0 Å². The first-order chi connectivity index (χ1) is 12.7. The van der Waals surface area contributed by atoms with Crippen LogP contribution in [0.1, 0.15) is 12.5 Å². The highest BCUT2D eigenvalue weighted by atomic mass is 16.5. The van der Waals surface area contributed by atoms with Crippen molar-refractivity contribution in [1.29, 1.82) is 0 Å². The Kier molecular flexibility index (Phi) is 5.29. The lowest BCUT2D eigenvalue weighted by Gasteiger charge is -2.12. The molecule has 0 fully saturated rings. The summed E-state index contributed by atoms with van der Waals surface area (Å²) in [4.78, 5) is 15.6. The van der Waals surface area contributed by atoms with Crippen LogP contribution < -0.4 is 9.47 Å². The summed E-state index contributed by atoms with van der Waals surface area (Å²) in [5.74, 6) is 0.979. The minimum atomic E-state index is -1.02. The van der Waals surface area contributed by atoms with E-state index >= 15 is 0 Å². The summed E-state index contributed by atoms with van der Waals surface area (Å²) < 4.78 is 11.6. The normalized spacial score (nSPS) is 11.0. The number of para-hydroxylation sites is 2. The Morgan fingerprint density at radius 2 is 1.69 bits per heavy atom. The molecule has 0 amide bonds. The van der Waals surface area contributed by atoms with Gasteiger partial charge in [-0.2, -0.15) is 0 Å². The number of allylic oxidation sites excluding steroid dienone is 1. The van der Waals surface area contributed by atoms with Gasteiger partial charge in [0.1, 0.15) is 17.2 Å². The Morgan fingerprint density at radius 1 is 0.962 bits per heavy atom. The van der Waals surface area contributed by atoms with Crippen LogP contribution in [0.2, 0.25) is 0 Å². The second kappa shape index (κ2) is 7.98. The summed E-state index contributed by atoms with van der Waals surface area (Å²) in [7, 11) is 0. The summed E-state index contributed by atoms with van der Waals surface area (Å²) in [6.45, 7) is 1.67. The molecular weight excluding hydrogens is 330 g/mol. The van der Waals surface area contributed by atoms with Crippen molar-refractivity contribution in [2.45, 2.75) is 6.92 Å². The van der Waals surface area contributed by atoms with Crippen molar-refractivity contribution < 1.29 is 19.4 Å². The molecule has 0 aliphatic rings. The fourth-order valence-corrected chi connectivity index (χ4v) is 2.42. The first-order valence-electron chi connectivity index (χ1n) is 8.03. The Balaban J connectivity index is 1.86. The van der Waals surface area contributed by atoms with E-state index in [2.05, 4.69) is 4.98 Å². The number of aromatic nitrogens is 1. The number of benzene rings is 2. The molecule has 0 saturated heterocycles. The molecule has 0 bridgehead atoms. The molecule has 0 aliphatic heterocycles. The Labute approximate surface area is 151 Å². The van der Waals surface area contributed by atoms with Crippen LogP contribution in [0.4, 0.5) is 0 Å². The fraction of sp³-hybridized carbons (Fsp3) is 0.0476. The van der Waals surface area contributed by atoms with Crippen molar-refractivity contribution in [3.63, 3.8) is 0 Å². The topological polar surface area (TPSA) is 68.7 Å². The van der Waals surface area contributed by atoms with Crippen molar-refractivity contribution in [2.75, 3.05) is 0 Å². The maximum Gasteiger partial charge on any atom is 0.336 e. The van der Waals surface area contributed by atoms with Gasteiger partial charge in [0.2, 0.25) is 5.88 Å². The van der Waals surface area contributed by atoms with Crippen LogP contribution in [0.15, 0.2) is 79.0 Å². The minimum absolute atomic E-state index is 0.164. The van der Waals surface area contributed by atoms with E-state index < -0.39 is 5.97 Å². The van der Waals surface area contributed by atoms with Gasteiger partial charge in [-0.3, -0.25) is 0 Å². The van der Waals surface area contributed by atoms with Crippen molar-refractivity contribution in [2.24, 2.45) is 0 Å². The van der Waals surface area contributed by atoms with Crippen LogP contribution >= 0.6 is 0 Å². The predicted molar refractivity (Wildman–Crippen MR) is 98.6 cm³/mol. The van der Waals surface area contributed by atoms with Gasteiger partial charge >= 0.3 is 5.97 Å². The maximum atomic E-state index is 11.4. The molecule has 1 heterocycles. The Bertz CT molecular complexity index is 936. The third-order valence-corrected chi connectivity index (χ3v) is 3.60. The number of nitrogens with zero attached hydrogens (tertiary/aromatic N) is 1. The van der Waals surface area contributed by atoms with Gasteiger partial charge in [0.25, 0.3) is 0 Å². The lowest BCUT2D eigenvalue weighted by atomic mass is 10.0. The third-order valence-electron chi connectivity index (χ3n) is 3.60. The van der Waals surface area contributed by atoms with Gasteiger partial charge < -0.3 is 14.6 Å². The third kappa shape index (κ3) is 4.08. The summed E-state index contributed by atoms with van der Waals surface area (Å²) in [6, 6.07) is 19.7. The Hall–Kier alpha value is -3.60. The summed E-state index contributed by atoms with van der Waals surface area (Å²) in [5.41, 5.74) is 0.649. The van der Waals surface area contributed by atoms with Gasteiger partial charge in [-0.1, -0.05) is 42.5 Å². The maximum absolute atomic E-state index is 11.4. The van der Waals surface area contributed by atoms with E-state index in [1.165, 1.54) is 6.08 Å². The summed E-state index contributed by atoms with van der Waals surface area (Å²) >= 11 is 0. The molecule has 0 unspecified atom stereocenters. The van der Waals surface area contributed by atoms with Crippen LogP contribution in [0.25, 0.3) is 5.57 Å². The average molecular weight is 347 g/mol. The number of pyridine rings is 1. The SMILES string of the molecule is C/C=C(/C(=O)O)c1ccccc1Oc1cc(Oc2ccccc2)ccn1. The second-order valence-electron chi connectivity index (χ2n) is 5.35. The molecule has 0 aliphatic carbocycles. The predicted octanol–water partition coefficient (Wildman–Crippen LogP) is 5.15. The monoisotopic (exact) mass is 347 g/mol. The number of carboxylic acid groups (broad SMARTS) is 1. The van der Waals surface area contributed by atoms with Gasteiger partial charge in [-0.25, -0.2) is 9.78 Å². The van der Waals surface area contributed by atoms with E-state index in [9.17, 15) is 9.90 Å².